The lowest BCUT2D eigenvalue weighted by Gasteiger charge is -2.09. The molecule has 0 spiro atoms. The number of benzene rings is 1. The van der Waals surface area contributed by atoms with Gasteiger partial charge in [0.25, 0.3) is 0 Å². The summed E-state index contributed by atoms with van der Waals surface area (Å²) >= 11 is 3.54. The van der Waals surface area contributed by atoms with Crippen LogP contribution in [0.3, 0.4) is 0 Å². The predicted molar refractivity (Wildman–Crippen MR) is 76.5 cm³/mol. The van der Waals surface area contributed by atoms with Crippen LogP contribution in [0.1, 0.15) is 38.2 Å². The van der Waals surface area contributed by atoms with Crippen molar-refractivity contribution in [1.82, 2.24) is 5.32 Å². The summed E-state index contributed by atoms with van der Waals surface area (Å²) < 4.78 is 6.88. The summed E-state index contributed by atoms with van der Waals surface area (Å²) in [4.78, 5) is 0. The van der Waals surface area contributed by atoms with Crippen molar-refractivity contribution in [2.75, 3.05) is 13.7 Å². The Morgan fingerprint density at radius 2 is 2.06 bits per heavy atom. The first-order chi connectivity index (χ1) is 8.27. The van der Waals surface area contributed by atoms with Crippen molar-refractivity contribution in [1.29, 1.82) is 0 Å². The van der Waals surface area contributed by atoms with Crippen LogP contribution in [0.2, 0.25) is 0 Å². The Bertz CT molecular complexity index is 328. The minimum absolute atomic E-state index is 0.820. The minimum Gasteiger partial charge on any atom is -0.494 e. The van der Waals surface area contributed by atoms with Crippen LogP contribution in [0.5, 0.6) is 5.75 Å². The summed E-state index contributed by atoms with van der Waals surface area (Å²) in [7, 11) is 1.95. The quantitative estimate of drug-likeness (QED) is 0.729. The zero-order valence-corrected chi connectivity index (χ0v) is 12.3. The van der Waals surface area contributed by atoms with E-state index >= 15 is 0 Å². The molecule has 0 amide bonds. The Morgan fingerprint density at radius 1 is 1.24 bits per heavy atom. The number of halogens is 1. The second-order valence-corrected chi connectivity index (χ2v) is 5.05. The molecule has 1 aromatic rings. The van der Waals surface area contributed by atoms with Crippen LogP contribution in [0.15, 0.2) is 22.7 Å². The second kappa shape index (κ2) is 8.54. The summed E-state index contributed by atoms with van der Waals surface area (Å²) in [6, 6.07) is 6.16. The van der Waals surface area contributed by atoms with E-state index in [9.17, 15) is 0 Å². The first-order valence-corrected chi connectivity index (χ1v) is 7.13. The molecule has 0 aliphatic carbocycles. The Morgan fingerprint density at radius 3 is 2.76 bits per heavy atom. The van der Waals surface area contributed by atoms with Gasteiger partial charge in [0.05, 0.1) is 6.61 Å². The summed E-state index contributed by atoms with van der Waals surface area (Å²) in [5.74, 6) is 0.968. The molecule has 0 aliphatic heterocycles. The number of nitrogens with one attached hydrogen (secondary N) is 1. The molecule has 0 radical (unpaired) electrons. The number of ether oxygens (including phenoxy) is 1. The van der Waals surface area contributed by atoms with E-state index in [4.69, 9.17) is 4.74 Å². The second-order valence-electron chi connectivity index (χ2n) is 4.19. The van der Waals surface area contributed by atoms with Crippen molar-refractivity contribution in [3.05, 3.63) is 28.2 Å². The molecule has 3 heteroatoms. The molecular weight excluding hydrogens is 278 g/mol. The lowest BCUT2D eigenvalue weighted by Crippen LogP contribution is -2.06. The van der Waals surface area contributed by atoms with Gasteiger partial charge < -0.3 is 10.1 Å². The van der Waals surface area contributed by atoms with Crippen LogP contribution in [0.4, 0.5) is 0 Å². The first kappa shape index (κ1) is 14.5. The highest BCUT2D eigenvalue weighted by molar-refractivity contribution is 9.10. The van der Waals surface area contributed by atoms with E-state index in [1.807, 2.05) is 19.2 Å². The summed E-state index contributed by atoms with van der Waals surface area (Å²) in [5, 5.41) is 3.15. The van der Waals surface area contributed by atoms with Gasteiger partial charge in [0, 0.05) is 11.0 Å². The van der Waals surface area contributed by atoms with E-state index in [-0.39, 0.29) is 0 Å². The van der Waals surface area contributed by atoms with Gasteiger partial charge in [0.15, 0.2) is 0 Å². The van der Waals surface area contributed by atoms with Gasteiger partial charge in [-0.2, -0.15) is 0 Å². The maximum Gasteiger partial charge on any atom is 0.119 e. The van der Waals surface area contributed by atoms with E-state index in [0.717, 1.165) is 29.8 Å². The van der Waals surface area contributed by atoms with Crippen molar-refractivity contribution in [3.63, 3.8) is 0 Å². The monoisotopic (exact) mass is 299 g/mol. The van der Waals surface area contributed by atoms with Gasteiger partial charge in [-0.25, -0.2) is 0 Å². The number of rotatable bonds is 8. The molecule has 0 heterocycles. The van der Waals surface area contributed by atoms with Gasteiger partial charge >= 0.3 is 0 Å². The maximum atomic E-state index is 5.75. The highest BCUT2D eigenvalue weighted by Crippen LogP contribution is 2.22. The molecule has 1 N–H and O–H groups in total. The third-order valence-corrected chi connectivity index (χ3v) is 3.42. The van der Waals surface area contributed by atoms with Crippen molar-refractivity contribution < 1.29 is 4.74 Å². The van der Waals surface area contributed by atoms with Gasteiger partial charge in [-0.1, -0.05) is 42.1 Å². The van der Waals surface area contributed by atoms with Crippen LogP contribution < -0.4 is 10.1 Å². The zero-order chi connectivity index (χ0) is 12.5. The topological polar surface area (TPSA) is 21.3 Å². The molecule has 2 nitrogen and oxygen atoms in total. The summed E-state index contributed by atoms with van der Waals surface area (Å²) in [5.41, 5.74) is 1.23. The average molecular weight is 300 g/mol. The third-order valence-electron chi connectivity index (χ3n) is 2.65. The van der Waals surface area contributed by atoms with Gasteiger partial charge in [-0.3, -0.25) is 0 Å². The normalized spacial score (nSPS) is 10.5. The zero-order valence-electron chi connectivity index (χ0n) is 10.8. The van der Waals surface area contributed by atoms with Crippen molar-refractivity contribution in [2.45, 2.75) is 39.2 Å². The fourth-order valence-corrected chi connectivity index (χ4v) is 2.07. The highest BCUT2D eigenvalue weighted by atomic mass is 79.9. The largest absolute Gasteiger partial charge is 0.494 e. The van der Waals surface area contributed by atoms with Crippen LogP contribution in [0.25, 0.3) is 0 Å². The van der Waals surface area contributed by atoms with Crippen molar-refractivity contribution >= 4 is 15.9 Å². The molecule has 0 fully saturated rings. The summed E-state index contributed by atoms with van der Waals surface area (Å²) in [6.07, 6.45) is 4.97. The fourth-order valence-electron chi connectivity index (χ4n) is 1.69. The van der Waals surface area contributed by atoms with Crippen LogP contribution in [0, 0.1) is 0 Å². The Labute approximate surface area is 113 Å². The van der Waals surface area contributed by atoms with Gasteiger partial charge in [-0.05, 0) is 37.2 Å². The molecular formula is C14H22BrNO. The van der Waals surface area contributed by atoms with Gasteiger partial charge in [0.2, 0.25) is 0 Å². The standard InChI is InChI=1S/C14H22BrNO/c1-3-4-5-6-9-17-13-7-8-14(15)12(10-13)11-16-2/h7-8,10,16H,3-6,9,11H2,1-2H3. The summed E-state index contributed by atoms with van der Waals surface area (Å²) in [6.45, 7) is 3.90. The van der Waals surface area contributed by atoms with Crippen LogP contribution >= 0.6 is 15.9 Å². The molecule has 0 saturated carbocycles. The molecule has 0 aromatic heterocycles. The minimum atomic E-state index is 0.820. The molecule has 0 aliphatic rings. The smallest absolute Gasteiger partial charge is 0.119 e. The van der Waals surface area contributed by atoms with Crippen molar-refractivity contribution in [2.24, 2.45) is 0 Å². The lowest BCUT2D eigenvalue weighted by molar-refractivity contribution is 0.304. The molecule has 1 rings (SSSR count). The first-order valence-electron chi connectivity index (χ1n) is 6.33. The highest BCUT2D eigenvalue weighted by Gasteiger charge is 2.01. The average Bonchev–Trinajstić information content (AvgIpc) is 2.33. The molecule has 1 aromatic carbocycles. The van der Waals surface area contributed by atoms with E-state index in [0.29, 0.717) is 0 Å². The van der Waals surface area contributed by atoms with Crippen LogP contribution in [-0.4, -0.2) is 13.7 Å². The van der Waals surface area contributed by atoms with Gasteiger partial charge in [0.1, 0.15) is 5.75 Å². The number of unbranched alkanes of at least 4 members (excludes halogenated alkanes) is 3. The van der Waals surface area contributed by atoms with E-state index in [1.165, 1.54) is 24.8 Å². The third kappa shape index (κ3) is 5.55. The lowest BCUT2D eigenvalue weighted by atomic mass is 10.2. The van der Waals surface area contributed by atoms with Gasteiger partial charge in [-0.15, -0.1) is 0 Å². The Kier molecular flexibility index (Phi) is 7.29. The predicted octanol–water partition coefficient (Wildman–Crippen LogP) is 4.13. The molecule has 17 heavy (non-hydrogen) atoms. The van der Waals surface area contributed by atoms with E-state index in [1.54, 1.807) is 0 Å². The van der Waals surface area contributed by atoms with E-state index in [2.05, 4.69) is 34.2 Å². The number of hydrogen-bond acceptors (Lipinski definition) is 2. The van der Waals surface area contributed by atoms with E-state index < -0.39 is 0 Å². The van der Waals surface area contributed by atoms with Crippen molar-refractivity contribution in [3.8, 4) is 5.75 Å². The van der Waals surface area contributed by atoms with Crippen LogP contribution in [-0.2, 0) is 6.54 Å². The Hall–Kier alpha value is -0.540. The fraction of sp³-hybridized carbons (Fsp3) is 0.571. The molecule has 0 saturated heterocycles. The number of hydrogen-bond donors (Lipinski definition) is 1. The SMILES string of the molecule is CCCCCCOc1ccc(Br)c(CNC)c1. The Balaban J connectivity index is 2.40. The molecule has 0 atom stereocenters. The molecule has 96 valence electrons. The molecule has 0 bridgehead atoms. The maximum absolute atomic E-state index is 5.75. The molecule has 0 unspecified atom stereocenters.